The fourth-order valence-electron chi connectivity index (χ4n) is 13.3. The maximum atomic E-state index is 2.74. The van der Waals surface area contributed by atoms with Crippen molar-refractivity contribution in [3.63, 3.8) is 0 Å². The smallest absolute Gasteiger partial charge is 0.332 e. The third kappa shape index (κ3) is 4.47. The molecule has 0 saturated heterocycles. The van der Waals surface area contributed by atoms with Gasteiger partial charge in [-0.1, -0.05) is 159 Å². The summed E-state index contributed by atoms with van der Waals surface area (Å²) < 4.78 is 10.3. The van der Waals surface area contributed by atoms with E-state index in [1.165, 1.54) is 126 Å². The number of hydrogen-bond donors (Lipinski definition) is 0. The summed E-state index contributed by atoms with van der Waals surface area (Å²) in [4.78, 5) is 0. The van der Waals surface area contributed by atoms with Gasteiger partial charge in [0.1, 0.15) is 0 Å². The topological polar surface area (TPSA) is 19.7 Å². The summed E-state index contributed by atoms with van der Waals surface area (Å²) in [6.07, 6.45) is 0. The lowest BCUT2D eigenvalue weighted by Crippen LogP contribution is -2.53. The number of para-hydroxylation sites is 6. The standard InChI is InChI=1S/C63H41BN4/c1-63(2)50-23-9-3-17-40(50)46-32-33-47-45-22-8-15-29-58(45)68(62(47)60(46)63)64-51-24-10-16-30-59(51)67-57-34-31-38(65-53-25-11-4-18-41(53)42-19-5-12-26-54(42)65)35-48(57)49-36-39(37-52(64)61(49)67)66-55-27-13-6-20-43(55)44-21-7-14-28-56(44)66/h3-37H,1-2H3. The van der Waals surface area contributed by atoms with Crippen LogP contribution in [-0.4, -0.2) is 25.0 Å². The molecule has 0 unspecified atom stereocenters. The van der Waals surface area contributed by atoms with E-state index in [1.54, 1.807) is 0 Å². The molecule has 5 heterocycles. The van der Waals surface area contributed by atoms with Crippen molar-refractivity contribution in [3.8, 4) is 28.2 Å². The predicted octanol–water partition coefficient (Wildman–Crippen LogP) is 14.4. The average molecular weight is 865 g/mol. The van der Waals surface area contributed by atoms with E-state index >= 15 is 0 Å². The molecule has 16 rings (SSSR count). The number of fused-ring (bicyclic) bond motifs is 18. The van der Waals surface area contributed by atoms with Crippen molar-refractivity contribution in [1.29, 1.82) is 0 Å². The van der Waals surface area contributed by atoms with Crippen LogP contribution in [0.1, 0.15) is 25.0 Å². The van der Waals surface area contributed by atoms with Crippen LogP contribution in [0.3, 0.4) is 0 Å². The minimum Gasteiger partial charge on any atom is -0.376 e. The highest BCUT2D eigenvalue weighted by Crippen LogP contribution is 2.53. The number of nitrogens with zero attached hydrogens (tertiary/aromatic N) is 4. The first-order valence-corrected chi connectivity index (χ1v) is 23.9. The summed E-state index contributed by atoms with van der Waals surface area (Å²) in [5, 5.41) is 10.1. The number of benzene rings is 10. The lowest BCUT2D eigenvalue weighted by Gasteiger charge is -2.30. The van der Waals surface area contributed by atoms with E-state index in [2.05, 4.69) is 244 Å². The molecule has 4 aromatic heterocycles. The highest BCUT2D eigenvalue weighted by atomic mass is 15.0. The molecule has 0 bridgehead atoms. The Labute approximate surface area is 392 Å². The zero-order valence-corrected chi connectivity index (χ0v) is 37.6. The molecule has 68 heavy (non-hydrogen) atoms. The molecule has 5 heteroatoms. The lowest BCUT2D eigenvalue weighted by atomic mass is 9.48. The van der Waals surface area contributed by atoms with Crippen molar-refractivity contribution in [2.75, 3.05) is 0 Å². The summed E-state index contributed by atoms with van der Waals surface area (Å²) in [5.74, 6) is 0. The number of aromatic nitrogens is 4. The summed E-state index contributed by atoms with van der Waals surface area (Å²) in [6, 6.07) is 79.9. The van der Waals surface area contributed by atoms with Gasteiger partial charge in [-0.05, 0) is 99.9 Å². The molecule has 4 nitrogen and oxygen atoms in total. The largest absolute Gasteiger partial charge is 0.376 e. The lowest BCUT2D eigenvalue weighted by molar-refractivity contribution is 0.664. The third-order valence-corrected chi connectivity index (χ3v) is 15.9. The van der Waals surface area contributed by atoms with Crippen LogP contribution in [0.15, 0.2) is 212 Å². The summed E-state index contributed by atoms with van der Waals surface area (Å²) >= 11 is 0. The van der Waals surface area contributed by atoms with Gasteiger partial charge in [0.25, 0.3) is 0 Å². The van der Waals surface area contributed by atoms with E-state index in [9.17, 15) is 0 Å². The zero-order chi connectivity index (χ0) is 44.6. The zero-order valence-electron chi connectivity index (χ0n) is 37.6. The molecule has 1 aliphatic heterocycles. The minimum atomic E-state index is -0.218. The fourth-order valence-corrected chi connectivity index (χ4v) is 13.3. The third-order valence-electron chi connectivity index (χ3n) is 15.9. The molecule has 1 aliphatic carbocycles. The molecule has 14 aromatic rings. The molecule has 0 amide bonds. The van der Waals surface area contributed by atoms with Gasteiger partial charge in [-0.2, -0.15) is 0 Å². The van der Waals surface area contributed by atoms with Crippen molar-refractivity contribution in [2.45, 2.75) is 19.3 Å². The van der Waals surface area contributed by atoms with Gasteiger partial charge in [-0.3, -0.25) is 0 Å². The maximum absolute atomic E-state index is 2.74. The van der Waals surface area contributed by atoms with Crippen LogP contribution in [0.25, 0.3) is 115 Å². The van der Waals surface area contributed by atoms with E-state index < -0.39 is 0 Å². The molecule has 0 spiro atoms. The molecule has 2 aliphatic rings. The van der Waals surface area contributed by atoms with Gasteiger partial charge in [0, 0.05) is 76.6 Å². The first kappa shape index (κ1) is 36.7. The van der Waals surface area contributed by atoms with Gasteiger partial charge < -0.3 is 18.2 Å². The van der Waals surface area contributed by atoms with Gasteiger partial charge in [-0.25, -0.2) is 0 Å². The van der Waals surface area contributed by atoms with Gasteiger partial charge in [-0.15, -0.1) is 0 Å². The Morgan fingerprint density at radius 2 is 0.853 bits per heavy atom. The normalized spacial score (nSPS) is 13.8. The van der Waals surface area contributed by atoms with Crippen LogP contribution in [0.5, 0.6) is 0 Å². The fraction of sp³-hybridized carbons (Fsp3) is 0.0476. The molecule has 0 radical (unpaired) electrons. The predicted molar refractivity (Wildman–Crippen MR) is 287 cm³/mol. The maximum Gasteiger partial charge on any atom is 0.332 e. The Morgan fingerprint density at radius 1 is 0.338 bits per heavy atom. The van der Waals surface area contributed by atoms with Crippen molar-refractivity contribution in [3.05, 3.63) is 223 Å². The van der Waals surface area contributed by atoms with E-state index in [-0.39, 0.29) is 12.3 Å². The van der Waals surface area contributed by atoms with Crippen LogP contribution in [-0.2, 0) is 5.41 Å². The first-order chi connectivity index (χ1) is 33.5. The number of hydrogen-bond acceptors (Lipinski definition) is 0. The van der Waals surface area contributed by atoms with E-state index in [4.69, 9.17) is 0 Å². The Bertz CT molecular complexity index is 4450. The minimum absolute atomic E-state index is 0.149. The molecule has 0 atom stereocenters. The van der Waals surface area contributed by atoms with Crippen LogP contribution < -0.4 is 10.9 Å². The van der Waals surface area contributed by atoms with Crippen LogP contribution in [0.2, 0.25) is 0 Å². The van der Waals surface area contributed by atoms with Crippen LogP contribution in [0.4, 0.5) is 0 Å². The Hall–Kier alpha value is -8.54. The molecule has 0 N–H and O–H groups in total. The van der Waals surface area contributed by atoms with E-state index in [0.717, 1.165) is 11.4 Å². The molecular formula is C63H41BN4. The Balaban J connectivity index is 1.09. The highest BCUT2D eigenvalue weighted by molar-refractivity contribution is 6.88. The molecule has 316 valence electrons. The Kier molecular flexibility index (Phi) is 6.94. The Morgan fingerprint density at radius 3 is 1.51 bits per heavy atom. The SMILES string of the molecule is CC1(C)c2ccccc2-c2ccc3c4ccccc4n(B4c5ccccc5-n5c6ccc(-n7c8ccccc8c8ccccc87)cc6c6cc(-n7c8ccccc8c8ccccc87)cc4c65)c3c21. The van der Waals surface area contributed by atoms with Crippen molar-refractivity contribution in [2.24, 2.45) is 0 Å². The second-order valence-corrected chi connectivity index (χ2v) is 19.6. The summed E-state index contributed by atoms with van der Waals surface area (Å²) in [7, 11) is 0. The van der Waals surface area contributed by atoms with E-state index in [1.807, 2.05) is 0 Å². The monoisotopic (exact) mass is 864 g/mol. The van der Waals surface area contributed by atoms with Gasteiger partial charge in [0.2, 0.25) is 0 Å². The second-order valence-electron chi connectivity index (χ2n) is 19.6. The second kappa shape index (κ2) is 12.9. The average Bonchev–Trinajstić information content (AvgIpc) is 4.16. The van der Waals surface area contributed by atoms with E-state index in [0.29, 0.717) is 0 Å². The quantitative estimate of drug-likeness (QED) is 0.158. The van der Waals surface area contributed by atoms with Gasteiger partial charge in [0.15, 0.2) is 0 Å². The summed E-state index contributed by atoms with van der Waals surface area (Å²) in [5.41, 5.74) is 21.2. The van der Waals surface area contributed by atoms with Gasteiger partial charge in [0.05, 0.1) is 33.1 Å². The molecule has 0 fully saturated rings. The number of rotatable bonds is 3. The molecule has 0 saturated carbocycles. The first-order valence-electron chi connectivity index (χ1n) is 23.9. The summed E-state index contributed by atoms with van der Waals surface area (Å²) in [6.45, 7) is 4.72. The van der Waals surface area contributed by atoms with Crippen LogP contribution >= 0.6 is 0 Å². The van der Waals surface area contributed by atoms with Crippen molar-refractivity contribution >= 4 is 105 Å². The van der Waals surface area contributed by atoms with Crippen molar-refractivity contribution < 1.29 is 0 Å². The van der Waals surface area contributed by atoms with Crippen LogP contribution in [0, 0.1) is 0 Å². The van der Waals surface area contributed by atoms with Gasteiger partial charge >= 0.3 is 6.85 Å². The molecular weight excluding hydrogens is 824 g/mol. The highest BCUT2D eigenvalue weighted by Gasteiger charge is 2.42. The van der Waals surface area contributed by atoms with Crippen molar-refractivity contribution in [1.82, 2.24) is 18.2 Å². The molecule has 10 aromatic carbocycles.